The van der Waals surface area contributed by atoms with Gasteiger partial charge in [-0.3, -0.25) is 9.36 Å². The summed E-state index contributed by atoms with van der Waals surface area (Å²) in [4.78, 5) is 13.2. The van der Waals surface area contributed by atoms with Gasteiger partial charge in [0.05, 0.1) is 7.11 Å². The molecule has 1 atom stereocenters. The summed E-state index contributed by atoms with van der Waals surface area (Å²) >= 11 is 6.80. The fourth-order valence-corrected chi connectivity index (χ4v) is 4.21. The molecule has 7 heteroatoms. The van der Waals surface area contributed by atoms with Crippen molar-refractivity contribution in [3.63, 3.8) is 0 Å². The Morgan fingerprint density at radius 2 is 1.80 bits per heavy atom. The summed E-state index contributed by atoms with van der Waals surface area (Å²) in [5, 5.41) is 6.38. The Labute approximate surface area is 153 Å². The highest BCUT2D eigenvalue weighted by Gasteiger charge is 2.31. The highest BCUT2D eigenvalue weighted by Crippen LogP contribution is 2.36. The zero-order valence-electron chi connectivity index (χ0n) is 13.4. The van der Waals surface area contributed by atoms with Gasteiger partial charge in [0, 0.05) is 11.3 Å². The van der Waals surface area contributed by atoms with Crippen molar-refractivity contribution in [1.29, 1.82) is 0 Å². The number of rotatable bonds is 3. The highest BCUT2D eigenvalue weighted by molar-refractivity contribution is 7.73. The number of methoxy groups -OCH3 is 1. The van der Waals surface area contributed by atoms with Gasteiger partial charge in [-0.15, -0.1) is 0 Å². The molecule has 1 amide bonds. The van der Waals surface area contributed by atoms with E-state index in [0.717, 1.165) is 11.3 Å². The number of hydrogen-bond acceptors (Lipinski definition) is 5. The number of para-hydroxylation sites is 2. The minimum Gasteiger partial charge on any atom is -0.496 e. The van der Waals surface area contributed by atoms with Gasteiger partial charge in [0.1, 0.15) is 22.6 Å². The van der Waals surface area contributed by atoms with E-state index in [-0.39, 0.29) is 5.91 Å². The van der Waals surface area contributed by atoms with Crippen LogP contribution in [0.3, 0.4) is 0 Å². The van der Waals surface area contributed by atoms with Gasteiger partial charge in [-0.2, -0.15) is 0 Å². The van der Waals surface area contributed by atoms with Crippen molar-refractivity contribution >= 4 is 35.3 Å². The second kappa shape index (κ2) is 6.34. The smallest absolute Gasteiger partial charge is 0.267 e. The molecule has 0 radical (unpaired) electrons. The van der Waals surface area contributed by atoms with Crippen LogP contribution in [0, 0.1) is 3.95 Å². The van der Waals surface area contributed by atoms with E-state index in [1.54, 1.807) is 7.11 Å². The lowest BCUT2D eigenvalue weighted by molar-refractivity contribution is 0.0939. The van der Waals surface area contributed by atoms with E-state index in [1.807, 2.05) is 59.2 Å². The highest BCUT2D eigenvalue weighted by atomic mass is 32.1. The standard InChI is InChI=1S/C18H15N3O2S2/c1-23-13-10-6-5-9-12(13)15-19-16-14(17(22)20-15)25-18(24)21(16)11-7-3-2-4-8-11/h2-10,15,19H,1H3,(H,20,22)/t15-/m1/s1. The van der Waals surface area contributed by atoms with Gasteiger partial charge in [0.2, 0.25) is 0 Å². The van der Waals surface area contributed by atoms with Crippen LogP contribution in [0.5, 0.6) is 5.75 Å². The first-order valence-electron chi connectivity index (χ1n) is 7.70. The van der Waals surface area contributed by atoms with Gasteiger partial charge in [0.15, 0.2) is 3.95 Å². The molecule has 2 N–H and O–H groups in total. The van der Waals surface area contributed by atoms with Crippen molar-refractivity contribution in [3.05, 3.63) is 69.0 Å². The Balaban J connectivity index is 1.83. The second-order valence-electron chi connectivity index (χ2n) is 5.51. The van der Waals surface area contributed by atoms with E-state index in [0.29, 0.717) is 20.4 Å². The van der Waals surface area contributed by atoms with Crippen molar-refractivity contribution in [2.75, 3.05) is 12.4 Å². The molecule has 0 bridgehead atoms. The molecule has 2 aromatic carbocycles. The predicted molar refractivity (Wildman–Crippen MR) is 101 cm³/mol. The quantitative estimate of drug-likeness (QED) is 0.682. The maximum Gasteiger partial charge on any atom is 0.267 e. The number of ether oxygens (including phenoxy) is 1. The lowest BCUT2D eigenvalue weighted by Crippen LogP contribution is -2.38. The lowest BCUT2D eigenvalue weighted by atomic mass is 10.1. The van der Waals surface area contributed by atoms with Crippen molar-refractivity contribution in [2.45, 2.75) is 6.17 Å². The van der Waals surface area contributed by atoms with E-state index >= 15 is 0 Å². The van der Waals surface area contributed by atoms with E-state index in [1.165, 1.54) is 11.3 Å². The maximum absolute atomic E-state index is 12.6. The number of carbonyl (C=O) groups excluding carboxylic acids is 1. The molecule has 0 spiro atoms. The van der Waals surface area contributed by atoms with Crippen LogP contribution in [0.15, 0.2) is 54.6 Å². The molecule has 5 nitrogen and oxygen atoms in total. The third-order valence-electron chi connectivity index (χ3n) is 4.04. The number of thiazole rings is 1. The van der Waals surface area contributed by atoms with Gasteiger partial charge in [-0.1, -0.05) is 47.7 Å². The molecule has 0 unspecified atom stereocenters. The SMILES string of the molecule is COc1ccccc1[C@H]1NC(=O)c2sc(=S)n(-c3ccccc3)c2N1. The molecule has 2 heterocycles. The van der Waals surface area contributed by atoms with Crippen LogP contribution < -0.4 is 15.4 Å². The Morgan fingerprint density at radius 1 is 1.08 bits per heavy atom. The van der Waals surface area contributed by atoms with Crippen molar-refractivity contribution in [2.24, 2.45) is 0 Å². The normalized spacial score (nSPS) is 15.9. The van der Waals surface area contributed by atoms with Crippen LogP contribution in [-0.4, -0.2) is 17.6 Å². The molecule has 25 heavy (non-hydrogen) atoms. The zero-order valence-corrected chi connectivity index (χ0v) is 15.0. The second-order valence-corrected chi connectivity index (χ2v) is 7.15. The van der Waals surface area contributed by atoms with Crippen molar-refractivity contribution in [3.8, 4) is 11.4 Å². The summed E-state index contributed by atoms with van der Waals surface area (Å²) < 4.78 is 7.95. The largest absolute Gasteiger partial charge is 0.496 e. The Morgan fingerprint density at radius 3 is 2.56 bits per heavy atom. The predicted octanol–water partition coefficient (Wildman–Crippen LogP) is 4.13. The maximum atomic E-state index is 12.6. The number of anilines is 1. The summed E-state index contributed by atoms with van der Waals surface area (Å²) in [6.45, 7) is 0. The first kappa shape index (κ1) is 15.9. The summed E-state index contributed by atoms with van der Waals surface area (Å²) in [6, 6.07) is 17.4. The van der Waals surface area contributed by atoms with Gasteiger partial charge < -0.3 is 15.4 Å². The minimum absolute atomic E-state index is 0.143. The molecule has 0 fully saturated rings. The molecule has 1 aliphatic heterocycles. The Bertz CT molecular complexity index is 995. The van der Waals surface area contributed by atoms with E-state index < -0.39 is 6.17 Å². The topological polar surface area (TPSA) is 55.3 Å². The first-order valence-corrected chi connectivity index (χ1v) is 8.93. The molecular weight excluding hydrogens is 354 g/mol. The van der Waals surface area contributed by atoms with Gasteiger partial charge in [0.25, 0.3) is 5.91 Å². The number of carbonyl (C=O) groups is 1. The van der Waals surface area contributed by atoms with Crippen LogP contribution in [0.2, 0.25) is 0 Å². The molecular formula is C18H15N3O2S2. The monoisotopic (exact) mass is 369 g/mol. The summed E-state index contributed by atoms with van der Waals surface area (Å²) in [7, 11) is 1.62. The fraction of sp³-hybridized carbons (Fsp3) is 0.111. The molecule has 1 aromatic heterocycles. The average molecular weight is 369 g/mol. The van der Waals surface area contributed by atoms with Gasteiger partial charge >= 0.3 is 0 Å². The van der Waals surface area contributed by atoms with Crippen molar-refractivity contribution in [1.82, 2.24) is 9.88 Å². The molecule has 0 saturated heterocycles. The van der Waals surface area contributed by atoms with E-state index in [2.05, 4.69) is 10.6 Å². The first-order chi connectivity index (χ1) is 12.2. The average Bonchev–Trinajstić information content (AvgIpc) is 2.99. The molecule has 4 rings (SSSR count). The van der Waals surface area contributed by atoms with E-state index in [4.69, 9.17) is 17.0 Å². The molecule has 3 aromatic rings. The Hall–Kier alpha value is -2.64. The molecule has 126 valence electrons. The number of amides is 1. The molecule has 1 aliphatic rings. The summed E-state index contributed by atoms with van der Waals surface area (Å²) in [5.41, 5.74) is 1.78. The number of fused-ring (bicyclic) bond motifs is 1. The zero-order chi connectivity index (χ0) is 17.4. The number of nitrogens with one attached hydrogen (secondary N) is 2. The van der Waals surface area contributed by atoms with Crippen LogP contribution in [0.4, 0.5) is 5.82 Å². The number of hydrogen-bond donors (Lipinski definition) is 2. The number of aromatic nitrogens is 1. The summed E-state index contributed by atoms with van der Waals surface area (Å²) in [6.07, 6.45) is -0.393. The summed E-state index contributed by atoms with van der Waals surface area (Å²) in [5.74, 6) is 1.28. The van der Waals surface area contributed by atoms with Crippen molar-refractivity contribution < 1.29 is 9.53 Å². The molecule has 0 aliphatic carbocycles. The number of benzene rings is 2. The third kappa shape index (κ3) is 2.71. The van der Waals surface area contributed by atoms with Crippen LogP contribution in [0.25, 0.3) is 5.69 Å². The lowest BCUT2D eigenvalue weighted by Gasteiger charge is -2.28. The van der Waals surface area contributed by atoms with Gasteiger partial charge in [-0.25, -0.2) is 0 Å². The minimum atomic E-state index is -0.393. The Kier molecular flexibility index (Phi) is 4.03. The van der Waals surface area contributed by atoms with Gasteiger partial charge in [-0.05, 0) is 30.4 Å². The van der Waals surface area contributed by atoms with E-state index in [9.17, 15) is 4.79 Å². The van der Waals surface area contributed by atoms with Crippen LogP contribution in [0.1, 0.15) is 21.4 Å². The fourth-order valence-electron chi connectivity index (χ4n) is 2.90. The number of nitrogens with zero attached hydrogens (tertiary/aromatic N) is 1. The molecule has 0 saturated carbocycles. The van der Waals surface area contributed by atoms with Crippen LogP contribution in [-0.2, 0) is 0 Å². The van der Waals surface area contributed by atoms with Crippen LogP contribution >= 0.6 is 23.6 Å². The third-order valence-corrected chi connectivity index (χ3v) is 5.41.